The highest BCUT2D eigenvalue weighted by Gasteiger charge is 2.37. The number of carbonyl (C=O) groups is 3. The molecular formula is C26H25N3O3. The average molecular weight is 428 g/mol. The number of benzene rings is 2. The van der Waals surface area contributed by atoms with E-state index in [1.165, 1.54) is 6.08 Å². The van der Waals surface area contributed by atoms with E-state index in [0.29, 0.717) is 23.8 Å². The van der Waals surface area contributed by atoms with Gasteiger partial charge in [0, 0.05) is 18.4 Å². The third kappa shape index (κ3) is 4.25. The van der Waals surface area contributed by atoms with Crippen LogP contribution in [0.1, 0.15) is 43.0 Å². The van der Waals surface area contributed by atoms with Gasteiger partial charge in [-0.25, -0.2) is 9.69 Å². The largest absolute Gasteiger partial charge is 0.344 e. The van der Waals surface area contributed by atoms with E-state index in [2.05, 4.69) is 19.2 Å². The normalized spacial score (nSPS) is 16.4. The highest BCUT2D eigenvalue weighted by molar-refractivity contribution is 6.39. The van der Waals surface area contributed by atoms with Crippen LogP contribution in [0.3, 0.4) is 0 Å². The number of carbonyl (C=O) groups excluding carboxylic acids is 3. The van der Waals surface area contributed by atoms with Gasteiger partial charge in [0.25, 0.3) is 11.8 Å². The highest BCUT2D eigenvalue weighted by Crippen LogP contribution is 2.25. The number of nitrogens with one attached hydrogen (secondary N) is 1. The lowest BCUT2D eigenvalue weighted by Gasteiger charge is -2.26. The Morgan fingerprint density at radius 3 is 2.34 bits per heavy atom. The number of hydrogen-bond donors (Lipinski definition) is 1. The molecule has 0 aliphatic carbocycles. The molecule has 6 nitrogen and oxygen atoms in total. The molecule has 4 rings (SSSR count). The van der Waals surface area contributed by atoms with Crippen LogP contribution in [0.2, 0.25) is 0 Å². The zero-order valence-corrected chi connectivity index (χ0v) is 18.1. The monoisotopic (exact) mass is 427 g/mol. The molecule has 0 bridgehead atoms. The average Bonchev–Trinajstić information content (AvgIpc) is 3.23. The third-order valence-electron chi connectivity index (χ3n) is 5.79. The lowest BCUT2D eigenvalue weighted by molar-refractivity contribution is -0.122. The van der Waals surface area contributed by atoms with Crippen LogP contribution in [-0.2, 0) is 16.1 Å². The molecule has 2 heterocycles. The summed E-state index contributed by atoms with van der Waals surface area (Å²) in [6.45, 7) is 4.83. The standard InChI is InChI=1S/C26H25N3O3/c1-3-18(2)20-11-13-21(14-12-20)29-25(31)23(24(30)27-26(29)32)16-22-10-7-15-28(22)17-19-8-5-4-6-9-19/h4-16,18H,3,17H2,1-2H3,(H,27,30,32)/b23-16-/t18-/m0/s1. The molecule has 1 aliphatic heterocycles. The van der Waals surface area contributed by atoms with Crippen molar-refractivity contribution in [1.29, 1.82) is 0 Å². The summed E-state index contributed by atoms with van der Waals surface area (Å²) in [6, 6.07) is 20.2. The van der Waals surface area contributed by atoms with Crippen molar-refractivity contribution in [1.82, 2.24) is 9.88 Å². The maximum atomic E-state index is 13.2. The van der Waals surface area contributed by atoms with Crippen LogP contribution in [0.15, 0.2) is 78.5 Å². The van der Waals surface area contributed by atoms with Crippen LogP contribution >= 0.6 is 0 Å². The molecule has 1 N–H and O–H groups in total. The zero-order chi connectivity index (χ0) is 22.7. The Morgan fingerprint density at radius 2 is 1.66 bits per heavy atom. The van der Waals surface area contributed by atoms with Gasteiger partial charge in [0.1, 0.15) is 5.57 Å². The van der Waals surface area contributed by atoms with E-state index in [0.717, 1.165) is 22.4 Å². The summed E-state index contributed by atoms with van der Waals surface area (Å²) < 4.78 is 1.95. The first-order valence-corrected chi connectivity index (χ1v) is 10.7. The molecule has 2 aromatic carbocycles. The molecule has 0 radical (unpaired) electrons. The van der Waals surface area contributed by atoms with Gasteiger partial charge in [0.05, 0.1) is 5.69 Å². The van der Waals surface area contributed by atoms with E-state index in [9.17, 15) is 14.4 Å². The summed E-state index contributed by atoms with van der Waals surface area (Å²) in [5, 5.41) is 2.29. The van der Waals surface area contributed by atoms with Crippen molar-refractivity contribution >= 4 is 29.6 Å². The van der Waals surface area contributed by atoms with Gasteiger partial charge in [-0.1, -0.05) is 56.3 Å². The Bertz CT molecular complexity index is 1180. The number of barbiturate groups is 1. The molecule has 1 fully saturated rings. The van der Waals surface area contributed by atoms with Gasteiger partial charge in [0.2, 0.25) is 0 Å². The predicted octanol–water partition coefficient (Wildman–Crippen LogP) is 4.72. The Morgan fingerprint density at radius 1 is 0.938 bits per heavy atom. The van der Waals surface area contributed by atoms with Crippen LogP contribution in [0.5, 0.6) is 0 Å². The predicted molar refractivity (Wildman–Crippen MR) is 124 cm³/mol. The van der Waals surface area contributed by atoms with E-state index in [4.69, 9.17) is 0 Å². The zero-order valence-electron chi connectivity index (χ0n) is 18.1. The molecule has 32 heavy (non-hydrogen) atoms. The van der Waals surface area contributed by atoms with Gasteiger partial charge in [-0.15, -0.1) is 0 Å². The fourth-order valence-electron chi connectivity index (χ4n) is 3.71. The fraction of sp³-hybridized carbons (Fsp3) is 0.192. The number of amides is 4. The van der Waals surface area contributed by atoms with Crippen molar-refractivity contribution in [3.63, 3.8) is 0 Å². The minimum atomic E-state index is -0.742. The van der Waals surface area contributed by atoms with Crippen molar-refractivity contribution in [3.05, 3.63) is 95.3 Å². The first-order valence-electron chi connectivity index (χ1n) is 10.7. The summed E-state index contributed by atoms with van der Waals surface area (Å²) in [6.07, 6.45) is 4.42. The Balaban J connectivity index is 1.63. The maximum absolute atomic E-state index is 13.2. The number of imide groups is 2. The smallest absolute Gasteiger partial charge is 0.335 e. The molecule has 0 unspecified atom stereocenters. The fourth-order valence-corrected chi connectivity index (χ4v) is 3.71. The molecule has 1 aliphatic rings. The lowest BCUT2D eigenvalue weighted by atomic mass is 9.98. The Hall–Kier alpha value is -3.93. The van der Waals surface area contributed by atoms with Crippen molar-refractivity contribution in [3.8, 4) is 0 Å². The maximum Gasteiger partial charge on any atom is 0.335 e. The second-order valence-corrected chi connectivity index (χ2v) is 7.91. The van der Waals surface area contributed by atoms with E-state index in [1.807, 2.05) is 65.4 Å². The quantitative estimate of drug-likeness (QED) is 0.457. The van der Waals surface area contributed by atoms with Gasteiger partial charge in [-0.2, -0.15) is 0 Å². The SMILES string of the molecule is CC[C@H](C)c1ccc(N2C(=O)NC(=O)/C(=C/c3cccn3Cc3ccccc3)C2=O)cc1. The molecule has 4 amide bonds. The molecule has 0 spiro atoms. The third-order valence-corrected chi connectivity index (χ3v) is 5.79. The van der Waals surface area contributed by atoms with E-state index >= 15 is 0 Å². The van der Waals surface area contributed by atoms with Gasteiger partial charge in [-0.05, 0) is 53.8 Å². The number of anilines is 1. The molecule has 1 aromatic heterocycles. The van der Waals surface area contributed by atoms with Gasteiger partial charge in [0.15, 0.2) is 0 Å². The van der Waals surface area contributed by atoms with E-state index < -0.39 is 17.8 Å². The first kappa shape index (κ1) is 21.3. The molecule has 3 aromatic rings. The van der Waals surface area contributed by atoms with Crippen LogP contribution in [0.25, 0.3) is 6.08 Å². The van der Waals surface area contributed by atoms with E-state index in [1.54, 1.807) is 12.1 Å². The van der Waals surface area contributed by atoms with E-state index in [-0.39, 0.29) is 5.57 Å². The summed E-state index contributed by atoms with van der Waals surface area (Å²) in [7, 11) is 0. The topological polar surface area (TPSA) is 71.4 Å². The number of hydrogen-bond acceptors (Lipinski definition) is 3. The molecule has 1 saturated heterocycles. The molecular weight excluding hydrogens is 402 g/mol. The minimum absolute atomic E-state index is 0.0800. The van der Waals surface area contributed by atoms with Crippen molar-refractivity contribution in [2.45, 2.75) is 32.7 Å². The minimum Gasteiger partial charge on any atom is -0.344 e. The molecule has 1 atom stereocenters. The first-order chi connectivity index (χ1) is 15.5. The summed E-state index contributed by atoms with van der Waals surface area (Å²) >= 11 is 0. The number of urea groups is 1. The van der Waals surface area contributed by atoms with Crippen LogP contribution in [0.4, 0.5) is 10.5 Å². The van der Waals surface area contributed by atoms with Crippen LogP contribution in [0, 0.1) is 0 Å². The van der Waals surface area contributed by atoms with Crippen LogP contribution in [-0.4, -0.2) is 22.4 Å². The summed E-state index contributed by atoms with van der Waals surface area (Å²) in [4.78, 5) is 39.2. The number of aromatic nitrogens is 1. The number of nitrogens with zero attached hydrogens (tertiary/aromatic N) is 2. The highest BCUT2D eigenvalue weighted by atomic mass is 16.2. The molecule has 6 heteroatoms. The van der Waals surface area contributed by atoms with Gasteiger partial charge in [-0.3, -0.25) is 14.9 Å². The van der Waals surface area contributed by atoms with Crippen molar-refractivity contribution in [2.24, 2.45) is 0 Å². The van der Waals surface area contributed by atoms with Crippen LogP contribution < -0.4 is 10.2 Å². The second-order valence-electron chi connectivity index (χ2n) is 7.91. The Labute approximate surface area is 187 Å². The number of rotatable bonds is 6. The summed E-state index contributed by atoms with van der Waals surface area (Å²) in [5.74, 6) is -0.952. The van der Waals surface area contributed by atoms with Gasteiger partial charge >= 0.3 is 6.03 Å². The second kappa shape index (κ2) is 9.06. The van der Waals surface area contributed by atoms with Crippen molar-refractivity contribution < 1.29 is 14.4 Å². The van der Waals surface area contributed by atoms with Gasteiger partial charge < -0.3 is 4.57 Å². The molecule has 0 saturated carbocycles. The lowest BCUT2D eigenvalue weighted by Crippen LogP contribution is -2.54. The molecule has 162 valence electrons. The summed E-state index contributed by atoms with van der Waals surface area (Å²) in [5.41, 5.74) is 3.28. The Kier molecular flexibility index (Phi) is 6.03. The van der Waals surface area contributed by atoms with Crippen molar-refractivity contribution in [2.75, 3.05) is 4.90 Å².